The molecule has 0 spiro atoms. The lowest BCUT2D eigenvalue weighted by Crippen LogP contribution is -2.23. The minimum Gasteiger partial charge on any atom is -0.491 e. The number of rotatable bonds is 8. The van der Waals surface area contributed by atoms with Crippen molar-refractivity contribution < 1.29 is 27.1 Å². The van der Waals surface area contributed by atoms with Crippen LogP contribution in [-0.4, -0.2) is 35.0 Å². The molecule has 0 radical (unpaired) electrons. The third-order valence-corrected chi connectivity index (χ3v) is 4.76. The Bertz CT molecular complexity index is 1370. The van der Waals surface area contributed by atoms with Gasteiger partial charge in [-0.15, -0.1) is 0 Å². The van der Waals surface area contributed by atoms with Gasteiger partial charge in [0.25, 0.3) is 0 Å². The SMILES string of the molecule is COCCOc1ccc(Nc2ncc(C)c(Nn3c(=O)oc4ccccc43)n2)cc1C(F)(F)F. The summed E-state index contributed by atoms with van der Waals surface area (Å²) in [4.78, 5) is 20.7. The number of halogens is 3. The first-order valence-electron chi connectivity index (χ1n) is 10.1. The molecule has 0 amide bonds. The second-order valence-corrected chi connectivity index (χ2v) is 7.18. The van der Waals surface area contributed by atoms with E-state index in [9.17, 15) is 18.0 Å². The summed E-state index contributed by atoms with van der Waals surface area (Å²) < 4.78 is 57.0. The van der Waals surface area contributed by atoms with Crippen molar-refractivity contribution in [3.8, 4) is 5.75 Å². The van der Waals surface area contributed by atoms with Crippen LogP contribution < -0.4 is 21.2 Å². The lowest BCUT2D eigenvalue weighted by molar-refractivity contribution is -0.139. The second-order valence-electron chi connectivity index (χ2n) is 7.18. The zero-order valence-corrected chi connectivity index (χ0v) is 18.1. The third-order valence-electron chi connectivity index (χ3n) is 4.76. The summed E-state index contributed by atoms with van der Waals surface area (Å²) in [5.41, 5.74) is 3.51. The highest BCUT2D eigenvalue weighted by molar-refractivity contribution is 5.73. The average Bonchev–Trinajstić information content (AvgIpc) is 3.11. The number of aromatic nitrogens is 3. The van der Waals surface area contributed by atoms with Gasteiger partial charge in [0.2, 0.25) is 5.95 Å². The van der Waals surface area contributed by atoms with Crippen LogP contribution in [0.15, 0.2) is 57.9 Å². The van der Waals surface area contributed by atoms with E-state index in [-0.39, 0.29) is 36.4 Å². The molecule has 4 rings (SSSR count). The number of methoxy groups -OCH3 is 1. The van der Waals surface area contributed by atoms with E-state index in [1.165, 1.54) is 30.1 Å². The number of alkyl halides is 3. The van der Waals surface area contributed by atoms with Crippen molar-refractivity contribution in [3.63, 3.8) is 0 Å². The van der Waals surface area contributed by atoms with E-state index < -0.39 is 17.5 Å². The Balaban J connectivity index is 1.61. The standard InChI is InChI=1S/C22H20F3N5O4/c1-13-12-26-20(28-19(13)29-30-16-5-3-4-6-18(16)34-21(30)31)27-14-7-8-17(33-10-9-32-2)15(11-14)22(23,24)25/h3-8,11-12H,9-10H2,1-2H3,(H2,26,27,28,29). The Morgan fingerprint density at radius 2 is 1.94 bits per heavy atom. The fourth-order valence-corrected chi connectivity index (χ4v) is 3.11. The molecule has 0 aliphatic heterocycles. The maximum Gasteiger partial charge on any atom is 0.439 e. The quantitative estimate of drug-likeness (QED) is 0.363. The predicted molar refractivity (Wildman–Crippen MR) is 118 cm³/mol. The van der Waals surface area contributed by atoms with E-state index in [2.05, 4.69) is 20.7 Å². The molecule has 2 N–H and O–H groups in total. The van der Waals surface area contributed by atoms with Crippen molar-refractivity contribution >= 4 is 28.6 Å². The number of aryl methyl sites for hydroxylation is 1. The number of hydrogen-bond acceptors (Lipinski definition) is 8. The lowest BCUT2D eigenvalue weighted by Gasteiger charge is -2.16. The molecule has 0 aliphatic carbocycles. The molecule has 9 nitrogen and oxygen atoms in total. The Labute approximate surface area is 191 Å². The van der Waals surface area contributed by atoms with Gasteiger partial charge in [0.05, 0.1) is 12.2 Å². The van der Waals surface area contributed by atoms with Crippen molar-refractivity contribution in [1.82, 2.24) is 14.6 Å². The summed E-state index contributed by atoms with van der Waals surface area (Å²) in [7, 11) is 1.43. The molecule has 0 unspecified atom stereocenters. The largest absolute Gasteiger partial charge is 0.491 e. The van der Waals surface area contributed by atoms with E-state index in [0.29, 0.717) is 16.7 Å². The van der Waals surface area contributed by atoms with Gasteiger partial charge in [0, 0.05) is 24.6 Å². The first kappa shape index (κ1) is 23.1. The fourth-order valence-electron chi connectivity index (χ4n) is 3.11. The predicted octanol–water partition coefficient (Wildman–Crippen LogP) is 4.36. The summed E-state index contributed by atoms with van der Waals surface area (Å²) in [5, 5.41) is 2.76. The van der Waals surface area contributed by atoms with Gasteiger partial charge in [0.1, 0.15) is 17.9 Å². The topological polar surface area (TPSA) is 103 Å². The van der Waals surface area contributed by atoms with E-state index >= 15 is 0 Å². The molecule has 2 aromatic carbocycles. The highest BCUT2D eigenvalue weighted by atomic mass is 19.4. The molecule has 0 atom stereocenters. The molecule has 34 heavy (non-hydrogen) atoms. The van der Waals surface area contributed by atoms with Crippen LogP contribution in [0.25, 0.3) is 11.1 Å². The van der Waals surface area contributed by atoms with Crippen molar-refractivity contribution in [2.75, 3.05) is 31.1 Å². The van der Waals surface area contributed by atoms with E-state index in [1.807, 2.05) is 0 Å². The summed E-state index contributed by atoms with van der Waals surface area (Å²) in [6.45, 7) is 1.84. The zero-order valence-electron chi connectivity index (χ0n) is 18.1. The van der Waals surface area contributed by atoms with Crippen LogP contribution in [0.4, 0.5) is 30.6 Å². The number of ether oxygens (including phenoxy) is 2. The van der Waals surface area contributed by atoms with Crippen LogP contribution in [0.2, 0.25) is 0 Å². The normalized spacial score (nSPS) is 11.6. The summed E-state index contributed by atoms with van der Waals surface area (Å²) in [6, 6.07) is 10.4. The number of nitrogens with one attached hydrogen (secondary N) is 2. The van der Waals surface area contributed by atoms with Gasteiger partial charge in [-0.3, -0.25) is 5.43 Å². The Kier molecular flexibility index (Phi) is 6.41. The van der Waals surface area contributed by atoms with Crippen LogP contribution in [0.3, 0.4) is 0 Å². The van der Waals surface area contributed by atoms with Crippen LogP contribution >= 0.6 is 0 Å². The minimum atomic E-state index is -4.63. The van der Waals surface area contributed by atoms with Crippen molar-refractivity contribution in [2.24, 2.45) is 0 Å². The van der Waals surface area contributed by atoms with Gasteiger partial charge in [-0.1, -0.05) is 12.1 Å². The van der Waals surface area contributed by atoms with Crippen LogP contribution in [-0.2, 0) is 10.9 Å². The Morgan fingerprint density at radius 3 is 2.71 bits per heavy atom. The highest BCUT2D eigenvalue weighted by Gasteiger charge is 2.34. The number of anilines is 3. The molecule has 2 aromatic heterocycles. The van der Waals surface area contributed by atoms with Gasteiger partial charge < -0.3 is 19.2 Å². The zero-order chi connectivity index (χ0) is 24.3. The van der Waals surface area contributed by atoms with E-state index in [4.69, 9.17) is 13.9 Å². The van der Waals surface area contributed by atoms with Crippen molar-refractivity contribution in [1.29, 1.82) is 0 Å². The number of nitrogens with zero attached hydrogens (tertiary/aromatic N) is 3. The van der Waals surface area contributed by atoms with Crippen LogP contribution in [0.1, 0.15) is 11.1 Å². The van der Waals surface area contributed by atoms with Gasteiger partial charge in [0.15, 0.2) is 11.4 Å². The maximum absolute atomic E-state index is 13.5. The minimum absolute atomic E-state index is 0.0233. The molecule has 4 aromatic rings. The van der Waals surface area contributed by atoms with Crippen molar-refractivity contribution in [3.05, 3.63) is 70.3 Å². The molecule has 0 saturated heterocycles. The smallest absolute Gasteiger partial charge is 0.439 e. The number of hydrogen-bond donors (Lipinski definition) is 2. The monoisotopic (exact) mass is 475 g/mol. The van der Waals surface area contributed by atoms with Gasteiger partial charge >= 0.3 is 11.9 Å². The molecule has 0 aliphatic rings. The first-order valence-corrected chi connectivity index (χ1v) is 10.1. The molecule has 12 heteroatoms. The Morgan fingerprint density at radius 1 is 1.15 bits per heavy atom. The molecule has 178 valence electrons. The average molecular weight is 475 g/mol. The van der Waals surface area contributed by atoms with Gasteiger partial charge in [-0.05, 0) is 37.3 Å². The van der Waals surface area contributed by atoms with E-state index in [0.717, 1.165) is 6.07 Å². The van der Waals surface area contributed by atoms with E-state index in [1.54, 1.807) is 31.2 Å². The summed E-state index contributed by atoms with van der Waals surface area (Å²) in [5.74, 6) is -0.669. The molecule has 0 saturated carbocycles. The summed E-state index contributed by atoms with van der Waals surface area (Å²) >= 11 is 0. The molecule has 2 heterocycles. The fraction of sp³-hybridized carbons (Fsp3) is 0.227. The van der Waals surface area contributed by atoms with Gasteiger partial charge in [-0.2, -0.15) is 22.8 Å². The lowest BCUT2D eigenvalue weighted by atomic mass is 10.1. The molecular formula is C22H20F3N5O4. The summed E-state index contributed by atoms with van der Waals surface area (Å²) in [6.07, 6.45) is -3.16. The molecule has 0 fully saturated rings. The maximum atomic E-state index is 13.5. The van der Waals surface area contributed by atoms with Gasteiger partial charge in [-0.25, -0.2) is 9.78 Å². The van der Waals surface area contributed by atoms with Crippen LogP contribution in [0, 0.1) is 6.92 Å². The first-order chi connectivity index (χ1) is 16.3. The molecule has 0 bridgehead atoms. The molecular weight excluding hydrogens is 455 g/mol. The Hall–Kier alpha value is -4.06. The highest BCUT2D eigenvalue weighted by Crippen LogP contribution is 2.38. The number of para-hydroxylation sites is 2. The number of benzene rings is 2. The third kappa shape index (κ3) is 4.96. The van der Waals surface area contributed by atoms with Crippen molar-refractivity contribution in [2.45, 2.75) is 13.1 Å². The number of fused-ring (bicyclic) bond motifs is 1. The second kappa shape index (κ2) is 9.43. The van der Waals surface area contributed by atoms with Crippen LogP contribution in [0.5, 0.6) is 5.75 Å². The number of oxazole rings is 1.